The van der Waals surface area contributed by atoms with Gasteiger partial charge in [-0.05, 0) is 32.6 Å². The van der Waals surface area contributed by atoms with Crippen LogP contribution in [0.1, 0.15) is 24.2 Å². The topological polar surface area (TPSA) is 70.1 Å². The first kappa shape index (κ1) is 11.0. The third kappa shape index (κ3) is 2.35. The number of hydrogen-bond donors (Lipinski definition) is 1. The number of rotatable bonds is 4. The van der Waals surface area contributed by atoms with Crippen molar-refractivity contribution in [3.8, 4) is 0 Å². The van der Waals surface area contributed by atoms with E-state index in [9.17, 15) is 4.79 Å². The fourth-order valence-corrected chi connectivity index (χ4v) is 1.53. The number of nitrogens with zero attached hydrogens (tertiary/aromatic N) is 2. The number of anilines is 1. The Hall–Kier alpha value is -1.52. The summed E-state index contributed by atoms with van der Waals surface area (Å²) < 4.78 is 6.73. The van der Waals surface area contributed by atoms with E-state index in [1.54, 1.807) is 4.68 Å². The molecule has 1 saturated carbocycles. The maximum atomic E-state index is 11.5. The van der Waals surface area contributed by atoms with Gasteiger partial charge in [0.05, 0.1) is 23.7 Å². The summed E-state index contributed by atoms with van der Waals surface area (Å²) in [6.07, 6.45) is 2.36. The number of carbonyl (C=O) groups is 1. The van der Waals surface area contributed by atoms with Crippen LogP contribution < -0.4 is 5.73 Å². The highest BCUT2D eigenvalue weighted by Gasteiger charge is 2.23. The molecule has 2 rings (SSSR count). The Morgan fingerprint density at radius 2 is 2.25 bits per heavy atom. The first-order valence-electron chi connectivity index (χ1n) is 5.53. The quantitative estimate of drug-likeness (QED) is 0.774. The van der Waals surface area contributed by atoms with Crippen LogP contribution >= 0.6 is 0 Å². The fraction of sp³-hybridized carbons (Fsp3) is 0.636. The van der Waals surface area contributed by atoms with E-state index in [4.69, 9.17) is 10.5 Å². The molecule has 0 atom stereocenters. The third-order valence-corrected chi connectivity index (χ3v) is 2.89. The molecule has 1 fully saturated rings. The fourth-order valence-electron chi connectivity index (χ4n) is 1.53. The van der Waals surface area contributed by atoms with E-state index in [-0.39, 0.29) is 12.5 Å². The zero-order valence-corrected chi connectivity index (χ0v) is 9.69. The smallest absolute Gasteiger partial charge is 0.327 e. The van der Waals surface area contributed by atoms with Gasteiger partial charge in [-0.3, -0.25) is 9.48 Å². The highest BCUT2D eigenvalue weighted by Crippen LogP contribution is 2.28. The molecular formula is C11H17N3O2. The lowest BCUT2D eigenvalue weighted by Gasteiger charge is -2.05. The Morgan fingerprint density at radius 3 is 2.75 bits per heavy atom. The van der Waals surface area contributed by atoms with Crippen LogP contribution in [-0.4, -0.2) is 22.4 Å². The molecule has 0 radical (unpaired) electrons. The average Bonchev–Trinajstić information content (AvgIpc) is 3.03. The van der Waals surface area contributed by atoms with Crippen LogP contribution in [0.25, 0.3) is 0 Å². The molecule has 5 nitrogen and oxygen atoms in total. The maximum absolute atomic E-state index is 11.5. The van der Waals surface area contributed by atoms with Gasteiger partial charge in [0.25, 0.3) is 0 Å². The summed E-state index contributed by atoms with van der Waals surface area (Å²) in [5.41, 5.74) is 8.00. The third-order valence-electron chi connectivity index (χ3n) is 2.89. The van der Waals surface area contributed by atoms with E-state index in [1.807, 2.05) is 13.8 Å². The minimum absolute atomic E-state index is 0.149. The number of aromatic nitrogens is 2. The Morgan fingerprint density at radius 1 is 1.56 bits per heavy atom. The second-order valence-corrected chi connectivity index (χ2v) is 4.37. The molecule has 2 N–H and O–H groups in total. The molecule has 1 aromatic rings. The van der Waals surface area contributed by atoms with Crippen LogP contribution in [0.15, 0.2) is 0 Å². The van der Waals surface area contributed by atoms with Crippen molar-refractivity contribution in [1.82, 2.24) is 9.78 Å². The lowest BCUT2D eigenvalue weighted by Crippen LogP contribution is -2.16. The Kier molecular flexibility index (Phi) is 2.85. The molecule has 0 bridgehead atoms. The summed E-state index contributed by atoms with van der Waals surface area (Å²) >= 11 is 0. The largest absolute Gasteiger partial charge is 0.464 e. The molecule has 88 valence electrons. The van der Waals surface area contributed by atoms with E-state index in [0.29, 0.717) is 18.2 Å². The van der Waals surface area contributed by atoms with Crippen molar-refractivity contribution >= 4 is 11.7 Å². The molecule has 1 aromatic heterocycles. The van der Waals surface area contributed by atoms with E-state index in [0.717, 1.165) is 11.4 Å². The van der Waals surface area contributed by atoms with Crippen LogP contribution in [-0.2, 0) is 16.1 Å². The monoisotopic (exact) mass is 223 g/mol. The Balaban J connectivity index is 1.91. The standard InChI is InChI=1S/C11H17N3O2/c1-7-11(12)8(2)14(13-7)5-10(15)16-6-9-3-4-9/h9H,3-6,12H2,1-2H3. The molecule has 0 saturated heterocycles. The summed E-state index contributed by atoms with van der Waals surface area (Å²) in [4.78, 5) is 11.5. The van der Waals surface area contributed by atoms with Crippen LogP contribution in [0.4, 0.5) is 5.69 Å². The van der Waals surface area contributed by atoms with Crippen molar-refractivity contribution in [3.05, 3.63) is 11.4 Å². The second kappa shape index (κ2) is 4.15. The van der Waals surface area contributed by atoms with Gasteiger partial charge in [-0.1, -0.05) is 0 Å². The summed E-state index contributed by atoms with van der Waals surface area (Å²) in [7, 11) is 0. The van der Waals surface area contributed by atoms with Crippen LogP contribution in [0, 0.1) is 19.8 Å². The molecule has 5 heteroatoms. The van der Waals surface area contributed by atoms with Gasteiger partial charge in [-0.15, -0.1) is 0 Å². The van der Waals surface area contributed by atoms with Gasteiger partial charge >= 0.3 is 5.97 Å². The Labute approximate surface area is 94.6 Å². The molecule has 0 aromatic carbocycles. The summed E-state index contributed by atoms with van der Waals surface area (Å²) in [6, 6.07) is 0. The number of hydrogen-bond acceptors (Lipinski definition) is 4. The lowest BCUT2D eigenvalue weighted by atomic mass is 10.3. The predicted octanol–water partition coefficient (Wildman–Crippen LogP) is 1.04. The number of aryl methyl sites for hydroxylation is 1. The minimum Gasteiger partial charge on any atom is -0.464 e. The molecule has 0 spiro atoms. The van der Waals surface area contributed by atoms with E-state index >= 15 is 0 Å². The zero-order chi connectivity index (χ0) is 11.7. The van der Waals surface area contributed by atoms with Gasteiger partial charge in [-0.2, -0.15) is 5.10 Å². The normalized spacial score (nSPS) is 15.1. The van der Waals surface area contributed by atoms with Gasteiger partial charge in [0.1, 0.15) is 6.54 Å². The first-order valence-corrected chi connectivity index (χ1v) is 5.53. The maximum Gasteiger partial charge on any atom is 0.327 e. The van der Waals surface area contributed by atoms with E-state index in [2.05, 4.69) is 5.10 Å². The number of carbonyl (C=O) groups excluding carboxylic acids is 1. The van der Waals surface area contributed by atoms with Gasteiger partial charge in [-0.25, -0.2) is 0 Å². The SMILES string of the molecule is Cc1nn(CC(=O)OCC2CC2)c(C)c1N. The van der Waals surface area contributed by atoms with Gasteiger partial charge in [0, 0.05) is 0 Å². The van der Waals surface area contributed by atoms with Crippen LogP contribution in [0.5, 0.6) is 0 Å². The second-order valence-electron chi connectivity index (χ2n) is 4.37. The molecule has 16 heavy (non-hydrogen) atoms. The van der Waals surface area contributed by atoms with Crippen molar-refractivity contribution in [2.45, 2.75) is 33.2 Å². The van der Waals surface area contributed by atoms with Crippen LogP contribution in [0.2, 0.25) is 0 Å². The zero-order valence-electron chi connectivity index (χ0n) is 9.69. The van der Waals surface area contributed by atoms with E-state index in [1.165, 1.54) is 12.8 Å². The van der Waals surface area contributed by atoms with Crippen molar-refractivity contribution in [2.24, 2.45) is 5.92 Å². The summed E-state index contributed by atoms with van der Waals surface area (Å²) in [6.45, 7) is 4.38. The highest BCUT2D eigenvalue weighted by molar-refractivity contribution is 5.69. The highest BCUT2D eigenvalue weighted by atomic mass is 16.5. The van der Waals surface area contributed by atoms with Crippen LogP contribution in [0.3, 0.4) is 0 Å². The van der Waals surface area contributed by atoms with E-state index < -0.39 is 0 Å². The lowest BCUT2D eigenvalue weighted by molar-refractivity contribution is -0.145. The molecule has 0 amide bonds. The number of ether oxygens (including phenoxy) is 1. The molecule has 1 heterocycles. The van der Waals surface area contributed by atoms with Crippen molar-refractivity contribution in [3.63, 3.8) is 0 Å². The molecule has 0 aliphatic heterocycles. The Bertz CT molecular complexity index is 408. The number of esters is 1. The molecular weight excluding hydrogens is 206 g/mol. The molecule has 1 aliphatic carbocycles. The molecule has 1 aliphatic rings. The van der Waals surface area contributed by atoms with Crippen molar-refractivity contribution < 1.29 is 9.53 Å². The van der Waals surface area contributed by atoms with Crippen molar-refractivity contribution in [1.29, 1.82) is 0 Å². The van der Waals surface area contributed by atoms with Crippen molar-refractivity contribution in [2.75, 3.05) is 12.3 Å². The van der Waals surface area contributed by atoms with Gasteiger partial charge < -0.3 is 10.5 Å². The van der Waals surface area contributed by atoms with Gasteiger partial charge in [0.15, 0.2) is 0 Å². The summed E-state index contributed by atoms with van der Waals surface area (Å²) in [5, 5.41) is 4.18. The number of nitrogen functional groups attached to an aromatic ring is 1. The predicted molar refractivity (Wildman–Crippen MR) is 59.8 cm³/mol. The number of nitrogens with two attached hydrogens (primary N) is 1. The summed E-state index contributed by atoms with van der Waals surface area (Å²) in [5.74, 6) is 0.354. The average molecular weight is 223 g/mol. The van der Waals surface area contributed by atoms with Gasteiger partial charge in [0.2, 0.25) is 0 Å². The first-order chi connectivity index (χ1) is 7.58. The minimum atomic E-state index is -0.238. The molecule has 0 unspecified atom stereocenters.